The molecule has 0 aliphatic carbocycles. The van der Waals surface area contributed by atoms with Crippen molar-refractivity contribution in [2.24, 2.45) is 0 Å². The molecule has 1 N–H and O–H groups in total. The maximum absolute atomic E-state index is 12.6. The Morgan fingerprint density at radius 2 is 1.97 bits per heavy atom. The first-order valence-electron chi connectivity index (χ1n) is 9.68. The molecule has 0 saturated heterocycles. The van der Waals surface area contributed by atoms with Gasteiger partial charge in [0.1, 0.15) is 0 Å². The highest BCUT2D eigenvalue weighted by Gasteiger charge is 2.22. The van der Waals surface area contributed by atoms with Gasteiger partial charge in [0.05, 0.1) is 30.3 Å². The van der Waals surface area contributed by atoms with Crippen molar-refractivity contribution in [1.82, 2.24) is 24.6 Å². The van der Waals surface area contributed by atoms with E-state index in [4.69, 9.17) is 4.42 Å². The van der Waals surface area contributed by atoms with E-state index < -0.39 is 0 Å². The van der Waals surface area contributed by atoms with Crippen LogP contribution in [0.1, 0.15) is 22.4 Å². The summed E-state index contributed by atoms with van der Waals surface area (Å²) in [5.74, 6) is 1.08. The van der Waals surface area contributed by atoms with Gasteiger partial charge in [-0.3, -0.25) is 14.4 Å². The number of hydrogen-bond donors (Lipinski definition) is 1. The Morgan fingerprint density at radius 3 is 2.79 bits per heavy atom. The lowest BCUT2D eigenvalue weighted by Crippen LogP contribution is -2.35. The lowest BCUT2D eigenvalue weighted by molar-refractivity contribution is 0.241. The number of hydrogen-bond acceptors (Lipinski definition) is 5. The molecule has 5 rings (SSSR count). The van der Waals surface area contributed by atoms with Crippen molar-refractivity contribution >= 4 is 0 Å². The third-order valence-corrected chi connectivity index (χ3v) is 5.18. The average molecular weight is 387 g/mol. The second-order valence-corrected chi connectivity index (χ2v) is 7.31. The summed E-state index contributed by atoms with van der Waals surface area (Å²) in [6.07, 6.45) is 6.30. The van der Waals surface area contributed by atoms with E-state index in [0.717, 1.165) is 42.9 Å². The first kappa shape index (κ1) is 17.6. The molecule has 1 aliphatic rings. The summed E-state index contributed by atoms with van der Waals surface area (Å²) in [5.41, 5.74) is 3.87. The van der Waals surface area contributed by atoms with Crippen molar-refractivity contribution in [3.8, 4) is 11.6 Å². The zero-order valence-corrected chi connectivity index (χ0v) is 15.9. The molecule has 7 heteroatoms. The molecule has 146 valence electrons. The molecule has 3 aromatic heterocycles. The predicted molar refractivity (Wildman–Crippen MR) is 108 cm³/mol. The van der Waals surface area contributed by atoms with Crippen molar-refractivity contribution < 1.29 is 4.42 Å². The molecule has 0 atom stereocenters. The maximum atomic E-state index is 12.6. The van der Waals surface area contributed by atoms with Gasteiger partial charge in [0.2, 0.25) is 0 Å². The SMILES string of the molecule is O=c1[nH]c(-c2ccco2)nc2c1CN(Cc1cnn(Cc3ccccc3)c1)CC2. The van der Waals surface area contributed by atoms with E-state index >= 15 is 0 Å². The Morgan fingerprint density at radius 1 is 1.07 bits per heavy atom. The summed E-state index contributed by atoms with van der Waals surface area (Å²) in [4.78, 5) is 22.3. The lowest BCUT2D eigenvalue weighted by Gasteiger charge is -2.27. The molecule has 7 nitrogen and oxygen atoms in total. The van der Waals surface area contributed by atoms with Gasteiger partial charge in [-0.1, -0.05) is 30.3 Å². The van der Waals surface area contributed by atoms with Crippen LogP contribution in [0.4, 0.5) is 0 Å². The monoisotopic (exact) mass is 387 g/mol. The van der Waals surface area contributed by atoms with Crippen molar-refractivity contribution in [3.63, 3.8) is 0 Å². The summed E-state index contributed by atoms with van der Waals surface area (Å²) >= 11 is 0. The van der Waals surface area contributed by atoms with Crippen LogP contribution in [0, 0.1) is 0 Å². The first-order chi connectivity index (χ1) is 14.2. The van der Waals surface area contributed by atoms with Gasteiger partial charge in [-0.05, 0) is 17.7 Å². The fourth-order valence-electron chi connectivity index (χ4n) is 3.75. The molecule has 1 aromatic carbocycles. The summed E-state index contributed by atoms with van der Waals surface area (Å²) in [5, 5.41) is 4.48. The standard InChI is InChI=1S/C22H21N5O2/c28-22-18-15-26(9-8-19(18)24-21(25-22)20-7-4-10-29-20)12-17-11-23-27(14-17)13-16-5-2-1-3-6-16/h1-7,10-11,14H,8-9,12-13,15H2,(H,24,25,28). The number of benzene rings is 1. The number of nitrogens with one attached hydrogen (secondary N) is 1. The Balaban J connectivity index is 1.29. The van der Waals surface area contributed by atoms with E-state index in [-0.39, 0.29) is 5.56 Å². The minimum absolute atomic E-state index is 0.0918. The van der Waals surface area contributed by atoms with Gasteiger partial charge >= 0.3 is 0 Å². The van der Waals surface area contributed by atoms with Crippen molar-refractivity contribution in [3.05, 3.63) is 93.9 Å². The number of aromatic amines is 1. The predicted octanol–water partition coefficient (Wildman–Crippen LogP) is 2.83. The Labute approximate surface area is 167 Å². The molecule has 29 heavy (non-hydrogen) atoms. The molecular formula is C22H21N5O2. The zero-order valence-electron chi connectivity index (χ0n) is 15.9. The third-order valence-electron chi connectivity index (χ3n) is 5.18. The summed E-state index contributed by atoms with van der Waals surface area (Å²) in [7, 11) is 0. The zero-order chi connectivity index (χ0) is 19.6. The largest absolute Gasteiger partial charge is 0.461 e. The normalized spacial score (nSPS) is 14.1. The van der Waals surface area contributed by atoms with E-state index in [1.165, 1.54) is 5.56 Å². The van der Waals surface area contributed by atoms with Gasteiger partial charge in [-0.2, -0.15) is 5.10 Å². The highest BCUT2D eigenvalue weighted by molar-refractivity contribution is 5.47. The van der Waals surface area contributed by atoms with Gasteiger partial charge in [0.15, 0.2) is 11.6 Å². The first-order valence-corrected chi connectivity index (χ1v) is 9.68. The molecule has 1 aliphatic heterocycles. The van der Waals surface area contributed by atoms with Crippen molar-refractivity contribution in [2.45, 2.75) is 26.1 Å². The Kier molecular flexibility index (Phi) is 4.57. The number of aromatic nitrogens is 4. The van der Waals surface area contributed by atoms with Gasteiger partial charge in [-0.25, -0.2) is 4.98 Å². The summed E-state index contributed by atoms with van der Waals surface area (Å²) < 4.78 is 7.31. The third kappa shape index (κ3) is 3.77. The van der Waals surface area contributed by atoms with Gasteiger partial charge < -0.3 is 9.40 Å². The molecule has 4 aromatic rings. The van der Waals surface area contributed by atoms with Crippen LogP contribution in [0.15, 0.2) is 70.3 Å². The van der Waals surface area contributed by atoms with Crippen LogP contribution in [0.5, 0.6) is 0 Å². The van der Waals surface area contributed by atoms with E-state index in [2.05, 4.69) is 38.3 Å². The van der Waals surface area contributed by atoms with Crippen LogP contribution < -0.4 is 5.56 Å². The Bertz CT molecular complexity index is 1160. The van der Waals surface area contributed by atoms with E-state index in [9.17, 15) is 4.79 Å². The molecule has 4 heterocycles. The number of furan rings is 1. The number of fused-ring (bicyclic) bond motifs is 1. The van der Waals surface area contributed by atoms with Gasteiger partial charge in [0.25, 0.3) is 5.56 Å². The van der Waals surface area contributed by atoms with Crippen LogP contribution in [0.3, 0.4) is 0 Å². The maximum Gasteiger partial charge on any atom is 0.256 e. The van der Waals surface area contributed by atoms with Crippen molar-refractivity contribution in [1.29, 1.82) is 0 Å². The molecule has 0 saturated carbocycles. The second-order valence-electron chi connectivity index (χ2n) is 7.31. The molecule has 0 radical (unpaired) electrons. The highest BCUT2D eigenvalue weighted by atomic mass is 16.3. The van der Waals surface area contributed by atoms with Crippen LogP contribution in [0.2, 0.25) is 0 Å². The number of nitrogens with zero attached hydrogens (tertiary/aromatic N) is 4. The quantitative estimate of drug-likeness (QED) is 0.570. The fourth-order valence-corrected chi connectivity index (χ4v) is 3.75. The topological polar surface area (TPSA) is 80.0 Å². The van der Waals surface area contributed by atoms with Crippen LogP contribution >= 0.6 is 0 Å². The van der Waals surface area contributed by atoms with Crippen LogP contribution in [-0.2, 0) is 26.1 Å². The van der Waals surface area contributed by atoms with E-state index in [0.29, 0.717) is 18.1 Å². The smallest absolute Gasteiger partial charge is 0.256 e. The average Bonchev–Trinajstić information content (AvgIpc) is 3.42. The van der Waals surface area contributed by atoms with E-state index in [1.54, 1.807) is 18.4 Å². The van der Waals surface area contributed by atoms with Gasteiger partial charge in [0, 0.05) is 37.8 Å². The van der Waals surface area contributed by atoms with Gasteiger partial charge in [-0.15, -0.1) is 0 Å². The molecule has 0 amide bonds. The number of H-pyrrole nitrogens is 1. The summed E-state index contributed by atoms with van der Waals surface area (Å²) in [6.45, 7) is 2.95. The molecular weight excluding hydrogens is 366 g/mol. The molecule has 0 fully saturated rings. The van der Waals surface area contributed by atoms with Crippen molar-refractivity contribution in [2.75, 3.05) is 6.54 Å². The molecule has 0 bridgehead atoms. The highest BCUT2D eigenvalue weighted by Crippen LogP contribution is 2.20. The van der Waals surface area contributed by atoms with E-state index in [1.807, 2.05) is 29.1 Å². The minimum atomic E-state index is -0.0918. The van der Waals surface area contributed by atoms with Crippen LogP contribution in [-0.4, -0.2) is 31.2 Å². The number of rotatable bonds is 5. The summed E-state index contributed by atoms with van der Waals surface area (Å²) in [6, 6.07) is 13.9. The lowest BCUT2D eigenvalue weighted by atomic mass is 10.1. The Hall–Kier alpha value is -3.45. The minimum Gasteiger partial charge on any atom is -0.461 e. The molecule has 0 unspecified atom stereocenters. The second kappa shape index (κ2) is 7.52. The fraction of sp³-hybridized carbons (Fsp3) is 0.227. The molecule has 0 spiro atoms. The van der Waals surface area contributed by atoms with Crippen LogP contribution in [0.25, 0.3) is 11.6 Å².